The second kappa shape index (κ2) is 8.00. The molecule has 0 amide bonds. The van der Waals surface area contributed by atoms with Crippen LogP contribution in [0, 0.1) is 35.8 Å². The van der Waals surface area contributed by atoms with E-state index in [1.165, 1.54) is 0 Å². The molecule has 0 aliphatic carbocycles. The first-order valence-electron chi connectivity index (χ1n) is 9.40. The average molecular weight is 392 g/mol. The van der Waals surface area contributed by atoms with Gasteiger partial charge in [0.1, 0.15) is 0 Å². The van der Waals surface area contributed by atoms with Crippen LogP contribution in [0.5, 0.6) is 0 Å². The van der Waals surface area contributed by atoms with Crippen LogP contribution in [-0.2, 0) is 0 Å². The summed E-state index contributed by atoms with van der Waals surface area (Å²) >= 11 is 0. The summed E-state index contributed by atoms with van der Waals surface area (Å²) in [6, 6.07) is 12.0. The molecule has 2 unspecified atom stereocenters. The Kier molecular flexibility index (Phi) is 5.46. The van der Waals surface area contributed by atoms with E-state index in [9.17, 15) is 10.5 Å². The topological polar surface area (TPSA) is 80.4 Å². The largest absolute Gasteiger partial charge is 0.372 e. The number of hydrogen-bond acceptors (Lipinski definition) is 4. The van der Waals surface area contributed by atoms with Crippen molar-refractivity contribution < 1.29 is 0 Å². The summed E-state index contributed by atoms with van der Waals surface area (Å²) in [5.41, 5.74) is 6.68. The van der Waals surface area contributed by atoms with Crippen LogP contribution in [0.1, 0.15) is 50.7 Å². The average Bonchev–Trinajstić information content (AvgIpc) is 2.73. The van der Waals surface area contributed by atoms with Crippen LogP contribution in [0.3, 0.4) is 0 Å². The van der Waals surface area contributed by atoms with Crippen molar-refractivity contribution in [3.8, 4) is 12.1 Å². The Labute approximate surface area is 176 Å². The van der Waals surface area contributed by atoms with Crippen molar-refractivity contribution in [3.05, 3.63) is 104 Å². The highest BCUT2D eigenvalue weighted by Crippen LogP contribution is 2.41. The first kappa shape index (κ1) is 20.5. The van der Waals surface area contributed by atoms with Gasteiger partial charge in [0, 0.05) is 22.8 Å². The van der Waals surface area contributed by atoms with Crippen LogP contribution >= 0.6 is 0 Å². The lowest BCUT2D eigenvalue weighted by Gasteiger charge is -2.28. The molecule has 30 heavy (non-hydrogen) atoms. The van der Waals surface area contributed by atoms with E-state index in [1.807, 2.05) is 52.0 Å². The van der Waals surface area contributed by atoms with Crippen molar-refractivity contribution in [2.45, 2.75) is 39.5 Å². The Morgan fingerprint density at radius 3 is 1.30 bits per heavy atom. The molecule has 1 aromatic rings. The predicted octanol–water partition coefficient (Wildman–Crippen LogP) is 4.96. The molecule has 2 aliphatic heterocycles. The molecule has 0 bridgehead atoms. The minimum absolute atomic E-state index is 0.429. The van der Waals surface area contributed by atoms with E-state index in [0.717, 1.165) is 33.9 Å². The van der Waals surface area contributed by atoms with Crippen molar-refractivity contribution in [3.63, 3.8) is 0 Å². The van der Waals surface area contributed by atoms with Crippen molar-refractivity contribution >= 4 is 0 Å². The van der Waals surface area contributed by atoms with E-state index in [0.29, 0.717) is 22.5 Å². The molecule has 0 aromatic heterocycles. The number of hydrogen-bond donors (Lipinski definition) is 2. The monoisotopic (exact) mass is 392 g/mol. The van der Waals surface area contributed by atoms with Gasteiger partial charge in [-0.15, -0.1) is 0 Å². The molecule has 0 fully saturated rings. The second-order valence-electron chi connectivity index (χ2n) is 7.33. The maximum atomic E-state index is 9.68. The molecule has 0 saturated carbocycles. The molecule has 2 heterocycles. The minimum atomic E-state index is -0.429. The lowest BCUT2D eigenvalue weighted by Crippen LogP contribution is -2.23. The molecule has 6 nitrogen and oxygen atoms in total. The summed E-state index contributed by atoms with van der Waals surface area (Å²) in [5, 5.41) is 25.6. The van der Waals surface area contributed by atoms with Crippen molar-refractivity contribution in [2.75, 3.05) is 0 Å². The fourth-order valence-corrected chi connectivity index (χ4v) is 4.09. The summed E-state index contributed by atoms with van der Waals surface area (Å²) < 4.78 is 0. The van der Waals surface area contributed by atoms with Crippen LogP contribution < -0.4 is 10.6 Å². The normalized spacial score (nSPS) is 21.2. The van der Waals surface area contributed by atoms with Gasteiger partial charge in [-0.3, -0.25) is 0 Å². The van der Waals surface area contributed by atoms with Gasteiger partial charge in [0.05, 0.1) is 48.3 Å². The zero-order valence-corrected chi connectivity index (χ0v) is 17.3. The van der Waals surface area contributed by atoms with Gasteiger partial charge in [0.2, 0.25) is 0 Å². The van der Waals surface area contributed by atoms with Gasteiger partial charge in [-0.25, -0.2) is 9.69 Å². The first-order chi connectivity index (χ1) is 14.4. The Morgan fingerprint density at radius 2 is 1.03 bits per heavy atom. The second-order valence-corrected chi connectivity index (χ2v) is 7.33. The van der Waals surface area contributed by atoms with Crippen LogP contribution in [0.2, 0.25) is 0 Å². The van der Waals surface area contributed by atoms with E-state index in [4.69, 9.17) is 13.1 Å². The van der Waals surface area contributed by atoms with Crippen LogP contribution in [0.4, 0.5) is 0 Å². The lowest BCUT2D eigenvalue weighted by atomic mass is 9.81. The van der Waals surface area contributed by atoms with Crippen molar-refractivity contribution in [1.29, 1.82) is 10.5 Å². The van der Waals surface area contributed by atoms with Crippen LogP contribution in [0.25, 0.3) is 9.69 Å². The zero-order valence-electron chi connectivity index (χ0n) is 17.3. The van der Waals surface area contributed by atoms with Gasteiger partial charge in [0.15, 0.2) is 11.4 Å². The van der Waals surface area contributed by atoms with Crippen LogP contribution in [-0.4, -0.2) is 0 Å². The van der Waals surface area contributed by atoms with E-state index in [-0.39, 0.29) is 0 Å². The smallest absolute Gasteiger partial charge is 0.196 e. The number of nitrogens with one attached hydrogen (secondary N) is 2. The first-order valence-corrected chi connectivity index (χ1v) is 9.40. The number of nitrogens with zero attached hydrogens (tertiary/aromatic N) is 4. The highest BCUT2D eigenvalue weighted by molar-refractivity contribution is 5.56. The Balaban J connectivity index is 2.11. The molecular weight excluding hydrogens is 372 g/mol. The highest BCUT2D eigenvalue weighted by Gasteiger charge is 2.32. The third kappa shape index (κ3) is 3.22. The number of dihydropyridines is 2. The SMILES string of the molecule is [C-]#[N+]C1=C(C)NC(C)=C(C#N)C1c1ccc(C2C(C#N)=C(C)NC(C)=C2[N+]#[C-])cc1. The van der Waals surface area contributed by atoms with Crippen molar-refractivity contribution in [2.24, 2.45) is 0 Å². The molecule has 2 aliphatic rings. The van der Waals surface area contributed by atoms with Crippen molar-refractivity contribution in [1.82, 2.24) is 10.6 Å². The molecular formula is C24H20N6. The minimum Gasteiger partial charge on any atom is -0.372 e. The summed E-state index contributed by atoms with van der Waals surface area (Å²) in [7, 11) is 0. The van der Waals surface area contributed by atoms with Crippen LogP contribution in [0.15, 0.2) is 69.6 Å². The van der Waals surface area contributed by atoms with Gasteiger partial charge in [-0.2, -0.15) is 10.5 Å². The molecule has 0 saturated heterocycles. The highest BCUT2D eigenvalue weighted by atomic mass is 14.9. The third-order valence-electron chi connectivity index (χ3n) is 5.54. The van der Waals surface area contributed by atoms with Gasteiger partial charge < -0.3 is 10.6 Å². The number of allylic oxidation sites excluding steroid dienone is 6. The summed E-state index contributed by atoms with van der Waals surface area (Å²) in [4.78, 5) is 7.36. The summed E-state index contributed by atoms with van der Waals surface area (Å²) in [6.07, 6.45) is 0. The third-order valence-corrected chi connectivity index (χ3v) is 5.54. The fraction of sp³-hybridized carbons (Fsp3) is 0.250. The molecule has 0 spiro atoms. The molecule has 6 heteroatoms. The molecule has 2 atom stereocenters. The standard InChI is InChI=1S/C24H20N6/c1-13-19(11-25)21(23(27-5)15(3)29-13)17-7-9-18(10-8-17)22-20(12-26)14(2)30-16(4)24(22)28-6/h7-10,21-22,29-30H,1-4H3. The van der Waals surface area contributed by atoms with Gasteiger partial charge >= 0.3 is 0 Å². The molecule has 0 radical (unpaired) electrons. The van der Waals surface area contributed by atoms with E-state index < -0.39 is 11.8 Å². The summed E-state index contributed by atoms with van der Waals surface area (Å²) in [6.45, 7) is 22.5. The zero-order chi connectivity index (χ0) is 22.0. The maximum Gasteiger partial charge on any atom is 0.196 e. The fourth-order valence-electron chi connectivity index (χ4n) is 4.09. The van der Waals surface area contributed by atoms with Gasteiger partial charge in [-0.05, 0) is 38.8 Å². The number of rotatable bonds is 2. The predicted molar refractivity (Wildman–Crippen MR) is 113 cm³/mol. The number of nitriles is 2. The summed E-state index contributed by atoms with van der Waals surface area (Å²) in [5.74, 6) is -0.859. The van der Waals surface area contributed by atoms with E-state index in [1.54, 1.807) is 0 Å². The van der Waals surface area contributed by atoms with Gasteiger partial charge in [0.25, 0.3) is 0 Å². The van der Waals surface area contributed by atoms with E-state index in [2.05, 4.69) is 32.5 Å². The molecule has 146 valence electrons. The number of benzene rings is 1. The Bertz CT molecular complexity index is 1040. The molecule has 2 N–H and O–H groups in total. The molecule has 1 aromatic carbocycles. The van der Waals surface area contributed by atoms with Gasteiger partial charge in [-0.1, -0.05) is 24.3 Å². The lowest BCUT2D eigenvalue weighted by molar-refractivity contribution is 0.801. The quantitative estimate of drug-likeness (QED) is 0.698. The molecule has 3 rings (SSSR count). The van der Waals surface area contributed by atoms with E-state index >= 15 is 0 Å². The maximum absolute atomic E-state index is 9.68. The Hall–Kier alpha value is -4.26. The Morgan fingerprint density at radius 1 is 0.700 bits per heavy atom.